The van der Waals surface area contributed by atoms with E-state index in [1.54, 1.807) is 0 Å². The Morgan fingerprint density at radius 2 is 1.83 bits per heavy atom. The topological polar surface area (TPSA) is 102 Å². The Balaban J connectivity index is 1.96. The van der Waals surface area contributed by atoms with Crippen molar-refractivity contribution in [2.75, 3.05) is 6.54 Å². The summed E-state index contributed by atoms with van der Waals surface area (Å²) in [5.74, 6) is -2.13. The summed E-state index contributed by atoms with van der Waals surface area (Å²) in [5, 5.41) is 3.63. The van der Waals surface area contributed by atoms with Crippen LogP contribution in [0.4, 0.5) is 0 Å². The Hall–Kier alpha value is -2.25. The van der Waals surface area contributed by atoms with Gasteiger partial charge in [-0.25, -0.2) is 0 Å². The second kappa shape index (κ2) is 5.68. The largest absolute Gasteiger partial charge is 0.368 e. The Bertz CT molecular complexity index is 693. The van der Waals surface area contributed by atoms with Gasteiger partial charge in [0, 0.05) is 0 Å². The third kappa shape index (κ3) is 2.81. The number of nitrogens with one attached hydrogen (secondary N) is 1. The molecular weight excluding hydrogens is 310 g/mol. The lowest BCUT2D eigenvalue weighted by molar-refractivity contribution is -0.176. The normalized spacial score (nSPS) is 27.2. The fourth-order valence-electron chi connectivity index (χ4n) is 3.23. The molecule has 2 aliphatic rings. The van der Waals surface area contributed by atoms with Gasteiger partial charge in [0.25, 0.3) is 5.91 Å². The van der Waals surface area contributed by atoms with Gasteiger partial charge in [0.2, 0.25) is 11.8 Å². The van der Waals surface area contributed by atoms with E-state index >= 15 is 0 Å². The van der Waals surface area contributed by atoms with Crippen molar-refractivity contribution in [3.05, 3.63) is 35.4 Å². The van der Waals surface area contributed by atoms with Crippen LogP contribution in [0.25, 0.3) is 0 Å². The molecular formula is C17H21N3O4. The molecule has 3 rings (SSSR count). The van der Waals surface area contributed by atoms with E-state index in [1.807, 2.05) is 24.3 Å². The van der Waals surface area contributed by atoms with E-state index in [-0.39, 0.29) is 17.9 Å². The van der Waals surface area contributed by atoms with Crippen molar-refractivity contribution in [1.29, 1.82) is 0 Å². The van der Waals surface area contributed by atoms with Crippen LogP contribution in [0, 0.1) is 5.92 Å². The molecule has 0 aromatic heterocycles. The average molecular weight is 331 g/mol. The highest BCUT2D eigenvalue weighted by molar-refractivity contribution is 6.07. The van der Waals surface area contributed by atoms with Crippen LogP contribution in [0.1, 0.15) is 37.9 Å². The van der Waals surface area contributed by atoms with Crippen molar-refractivity contribution in [3.63, 3.8) is 0 Å². The molecule has 128 valence electrons. The Kier molecular flexibility index (Phi) is 3.93. The minimum atomic E-state index is -0.913. The molecule has 3 N–H and O–H groups in total. The van der Waals surface area contributed by atoms with E-state index in [2.05, 4.69) is 26.1 Å². The number of imide groups is 1. The molecule has 3 unspecified atom stereocenters. The first-order valence-electron chi connectivity index (χ1n) is 7.85. The number of fused-ring (bicyclic) bond motifs is 1. The third-order valence-corrected chi connectivity index (χ3v) is 4.46. The molecule has 2 aliphatic heterocycles. The second-order valence-electron chi connectivity index (χ2n) is 7.26. The van der Waals surface area contributed by atoms with Gasteiger partial charge in [-0.05, 0) is 16.5 Å². The SMILES string of the molecule is CC(C)(C)c1ccc(C2C3C(=O)NC(=O)C3ON2CC(N)=O)cc1. The number of nitrogens with zero attached hydrogens (tertiary/aromatic N) is 1. The molecule has 1 aromatic carbocycles. The lowest BCUT2D eigenvalue weighted by Gasteiger charge is -2.25. The van der Waals surface area contributed by atoms with Crippen LogP contribution < -0.4 is 11.1 Å². The summed E-state index contributed by atoms with van der Waals surface area (Å²) in [6.45, 7) is 6.15. The number of primary amides is 1. The summed E-state index contributed by atoms with van der Waals surface area (Å²) < 4.78 is 0. The van der Waals surface area contributed by atoms with E-state index in [0.29, 0.717) is 0 Å². The standard InChI is InChI=1S/C17H21N3O4/c1-17(2,3)10-6-4-9(5-7-10)13-12-14(16(23)19-15(12)22)24-20(13)8-11(18)21/h4-7,12-14H,8H2,1-3H3,(H2,18,21)(H,19,22,23). The molecule has 3 atom stereocenters. The first-order valence-corrected chi connectivity index (χ1v) is 7.85. The number of carbonyl (C=O) groups is 3. The summed E-state index contributed by atoms with van der Waals surface area (Å²) in [7, 11) is 0. The third-order valence-electron chi connectivity index (χ3n) is 4.46. The fourth-order valence-corrected chi connectivity index (χ4v) is 3.23. The van der Waals surface area contributed by atoms with E-state index in [4.69, 9.17) is 10.6 Å². The number of hydrogen-bond donors (Lipinski definition) is 2. The highest BCUT2D eigenvalue weighted by Crippen LogP contribution is 2.42. The minimum absolute atomic E-state index is 0.000846. The highest BCUT2D eigenvalue weighted by atomic mass is 16.7. The van der Waals surface area contributed by atoms with Crippen molar-refractivity contribution < 1.29 is 19.2 Å². The lowest BCUT2D eigenvalue weighted by Crippen LogP contribution is -2.37. The smallest absolute Gasteiger partial charge is 0.258 e. The molecule has 0 aliphatic carbocycles. The van der Waals surface area contributed by atoms with Crippen LogP contribution in [0.15, 0.2) is 24.3 Å². The van der Waals surface area contributed by atoms with Crippen molar-refractivity contribution in [2.45, 2.75) is 38.3 Å². The van der Waals surface area contributed by atoms with E-state index in [1.165, 1.54) is 5.06 Å². The molecule has 2 fully saturated rings. The zero-order chi connectivity index (χ0) is 17.6. The summed E-state index contributed by atoms with van der Waals surface area (Å²) in [5.41, 5.74) is 7.22. The Labute approximate surface area is 140 Å². The molecule has 24 heavy (non-hydrogen) atoms. The van der Waals surface area contributed by atoms with Gasteiger partial charge >= 0.3 is 0 Å². The monoisotopic (exact) mass is 331 g/mol. The van der Waals surface area contributed by atoms with Gasteiger partial charge in [-0.15, -0.1) is 0 Å². The predicted octanol–water partition coefficient (Wildman–Crippen LogP) is 0.399. The van der Waals surface area contributed by atoms with Gasteiger partial charge in [-0.1, -0.05) is 45.0 Å². The predicted molar refractivity (Wildman–Crippen MR) is 85.3 cm³/mol. The first kappa shape index (κ1) is 16.6. The summed E-state index contributed by atoms with van der Waals surface area (Å²) in [6.07, 6.45) is -0.913. The number of nitrogens with two attached hydrogens (primary N) is 1. The fraction of sp³-hybridized carbons (Fsp3) is 0.471. The van der Waals surface area contributed by atoms with E-state index < -0.39 is 29.9 Å². The lowest BCUT2D eigenvalue weighted by atomic mass is 9.84. The maximum Gasteiger partial charge on any atom is 0.258 e. The van der Waals surface area contributed by atoms with Gasteiger partial charge in [-0.3, -0.25) is 24.5 Å². The maximum atomic E-state index is 12.2. The van der Waals surface area contributed by atoms with Gasteiger partial charge in [0.1, 0.15) is 6.54 Å². The van der Waals surface area contributed by atoms with Crippen molar-refractivity contribution in [1.82, 2.24) is 10.4 Å². The quantitative estimate of drug-likeness (QED) is 0.781. The molecule has 0 spiro atoms. The van der Waals surface area contributed by atoms with Gasteiger partial charge in [-0.2, -0.15) is 5.06 Å². The Morgan fingerprint density at radius 3 is 2.38 bits per heavy atom. The van der Waals surface area contributed by atoms with Crippen LogP contribution in [-0.4, -0.2) is 35.4 Å². The average Bonchev–Trinajstić information content (AvgIpc) is 2.96. The zero-order valence-corrected chi connectivity index (χ0v) is 13.9. The van der Waals surface area contributed by atoms with Crippen LogP contribution in [0.3, 0.4) is 0 Å². The molecule has 7 heteroatoms. The molecule has 7 nitrogen and oxygen atoms in total. The van der Waals surface area contributed by atoms with Crippen LogP contribution in [-0.2, 0) is 24.6 Å². The molecule has 0 saturated carbocycles. The summed E-state index contributed by atoms with van der Waals surface area (Å²) in [4.78, 5) is 40.9. The Morgan fingerprint density at radius 1 is 1.21 bits per heavy atom. The number of carbonyl (C=O) groups excluding carboxylic acids is 3. The van der Waals surface area contributed by atoms with Crippen molar-refractivity contribution in [3.8, 4) is 0 Å². The number of benzene rings is 1. The van der Waals surface area contributed by atoms with Crippen molar-refractivity contribution in [2.24, 2.45) is 11.7 Å². The van der Waals surface area contributed by atoms with Crippen LogP contribution in [0.2, 0.25) is 0 Å². The summed E-state index contributed by atoms with van der Waals surface area (Å²) >= 11 is 0. The summed E-state index contributed by atoms with van der Waals surface area (Å²) in [6, 6.07) is 7.25. The number of hydroxylamine groups is 2. The minimum Gasteiger partial charge on any atom is -0.368 e. The van der Waals surface area contributed by atoms with Gasteiger partial charge in [0.05, 0.1) is 12.0 Å². The molecule has 0 bridgehead atoms. The zero-order valence-electron chi connectivity index (χ0n) is 13.9. The molecule has 2 saturated heterocycles. The number of rotatable bonds is 3. The van der Waals surface area contributed by atoms with Crippen molar-refractivity contribution >= 4 is 17.7 Å². The molecule has 0 radical (unpaired) electrons. The van der Waals surface area contributed by atoms with E-state index in [9.17, 15) is 14.4 Å². The highest BCUT2D eigenvalue weighted by Gasteiger charge is 2.56. The van der Waals surface area contributed by atoms with Gasteiger partial charge in [0.15, 0.2) is 6.10 Å². The molecule has 1 aromatic rings. The molecule has 3 amide bonds. The van der Waals surface area contributed by atoms with Crippen LogP contribution >= 0.6 is 0 Å². The molecule has 2 heterocycles. The maximum absolute atomic E-state index is 12.2. The van der Waals surface area contributed by atoms with E-state index in [0.717, 1.165) is 11.1 Å². The van der Waals surface area contributed by atoms with Gasteiger partial charge < -0.3 is 5.73 Å². The van der Waals surface area contributed by atoms with Crippen LogP contribution in [0.5, 0.6) is 0 Å². The second-order valence-corrected chi connectivity index (χ2v) is 7.26. The number of amides is 3. The first-order chi connectivity index (χ1) is 11.2. The number of hydrogen-bond acceptors (Lipinski definition) is 5.